The maximum Gasteiger partial charge on any atom is 0.358 e. The Morgan fingerprint density at radius 2 is 1.68 bits per heavy atom. The summed E-state index contributed by atoms with van der Waals surface area (Å²) in [6, 6.07) is 13.3. The Hall–Kier alpha value is -3.18. The van der Waals surface area contributed by atoms with Gasteiger partial charge in [-0.1, -0.05) is 17.7 Å². The lowest BCUT2D eigenvalue weighted by atomic mass is 10.1. The van der Waals surface area contributed by atoms with Gasteiger partial charge in [0, 0.05) is 5.56 Å². The third-order valence-corrected chi connectivity index (χ3v) is 4.33. The molecule has 2 aromatic rings. The first-order valence-corrected chi connectivity index (χ1v) is 8.45. The molecule has 0 amide bonds. The van der Waals surface area contributed by atoms with Crippen molar-refractivity contribution in [1.29, 1.82) is 5.26 Å². The fourth-order valence-electron chi connectivity index (χ4n) is 1.83. The Morgan fingerprint density at radius 1 is 1.08 bits per heavy atom. The van der Waals surface area contributed by atoms with Crippen LogP contribution in [0.1, 0.15) is 15.9 Å². The second kappa shape index (κ2) is 7.59. The maximum atomic E-state index is 12.2. The second-order valence-corrected chi connectivity index (χ2v) is 6.48. The highest BCUT2D eigenvalue weighted by Crippen LogP contribution is 2.15. The summed E-state index contributed by atoms with van der Waals surface area (Å²) in [6.07, 6.45) is 0. The van der Waals surface area contributed by atoms with E-state index in [1.54, 1.807) is 25.1 Å². The SMILES string of the molecule is COc1ccc(C(=O)C(C#N)=NOS(=O)(=O)c2ccc(C)cc2)cc1. The smallest absolute Gasteiger partial charge is 0.358 e. The molecule has 0 aromatic heterocycles. The van der Waals surface area contributed by atoms with Crippen molar-refractivity contribution in [3.8, 4) is 11.8 Å². The van der Waals surface area contributed by atoms with E-state index in [2.05, 4.69) is 9.44 Å². The Labute approximate surface area is 145 Å². The van der Waals surface area contributed by atoms with Crippen LogP contribution in [-0.2, 0) is 14.4 Å². The summed E-state index contributed by atoms with van der Waals surface area (Å²) >= 11 is 0. The number of hydrogen-bond acceptors (Lipinski definition) is 7. The number of ketones is 1. The molecule has 0 aliphatic heterocycles. The van der Waals surface area contributed by atoms with Gasteiger partial charge >= 0.3 is 10.1 Å². The zero-order chi connectivity index (χ0) is 18.4. The van der Waals surface area contributed by atoms with Crippen molar-refractivity contribution < 1.29 is 22.2 Å². The predicted molar refractivity (Wildman–Crippen MR) is 89.8 cm³/mol. The van der Waals surface area contributed by atoms with Gasteiger partial charge in [0.1, 0.15) is 16.7 Å². The third kappa shape index (κ3) is 4.43. The van der Waals surface area contributed by atoms with E-state index in [1.165, 1.54) is 43.5 Å². The molecule has 0 aliphatic rings. The molecule has 2 rings (SSSR count). The van der Waals surface area contributed by atoms with Gasteiger partial charge in [0.2, 0.25) is 11.5 Å². The van der Waals surface area contributed by atoms with E-state index >= 15 is 0 Å². The normalized spacial score (nSPS) is 11.5. The van der Waals surface area contributed by atoms with Crippen molar-refractivity contribution in [2.75, 3.05) is 7.11 Å². The van der Waals surface area contributed by atoms with Crippen LogP contribution < -0.4 is 4.74 Å². The minimum Gasteiger partial charge on any atom is -0.497 e. The summed E-state index contributed by atoms with van der Waals surface area (Å²) in [5.74, 6) is -0.227. The Kier molecular flexibility index (Phi) is 5.52. The molecule has 128 valence electrons. The minimum atomic E-state index is -4.22. The van der Waals surface area contributed by atoms with Crippen LogP contribution in [0.2, 0.25) is 0 Å². The number of benzene rings is 2. The molecule has 0 bridgehead atoms. The van der Waals surface area contributed by atoms with Crippen molar-refractivity contribution in [3.05, 3.63) is 59.7 Å². The molecule has 0 aliphatic carbocycles. The number of hydrogen-bond donors (Lipinski definition) is 0. The van der Waals surface area contributed by atoms with Gasteiger partial charge in [-0.3, -0.25) is 9.08 Å². The zero-order valence-electron chi connectivity index (χ0n) is 13.5. The number of Topliss-reactive ketones (excluding diaryl/α,β-unsaturated/α-hetero) is 1. The Balaban J connectivity index is 2.23. The highest BCUT2D eigenvalue weighted by Gasteiger charge is 2.19. The molecule has 0 unspecified atom stereocenters. The fourth-order valence-corrected chi connectivity index (χ4v) is 2.55. The third-order valence-electron chi connectivity index (χ3n) is 3.21. The molecule has 0 heterocycles. The highest BCUT2D eigenvalue weighted by atomic mass is 32.2. The molecule has 0 saturated carbocycles. The summed E-state index contributed by atoms with van der Waals surface area (Å²) in [5.41, 5.74) is 0.341. The van der Waals surface area contributed by atoms with Crippen LogP contribution in [0.15, 0.2) is 58.6 Å². The largest absolute Gasteiger partial charge is 0.497 e. The standard InChI is InChI=1S/C17H14N2O5S/c1-12-3-9-15(10-4-12)25(21,22)24-19-16(11-18)17(20)13-5-7-14(23-2)8-6-13/h3-10H,1-2H3. The first-order valence-electron chi connectivity index (χ1n) is 7.04. The van der Waals surface area contributed by atoms with Crippen LogP contribution in [0.25, 0.3) is 0 Å². The molecule has 8 heteroatoms. The van der Waals surface area contributed by atoms with E-state index in [0.29, 0.717) is 5.75 Å². The topological polar surface area (TPSA) is 106 Å². The van der Waals surface area contributed by atoms with Crippen molar-refractivity contribution in [3.63, 3.8) is 0 Å². The minimum absolute atomic E-state index is 0.129. The summed E-state index contributed by atoms with van der Waals surface area (Å²) in [4.78, 5) is 12.1. The van der Waals surface area contributed by atoms with Crippen LogP contribution in [0, 0.1) is 18.3 Å². The predicted octanol–water partition coefficient (Wildman–Crippen LogP) is 2.47. The first-order chi connectivity index (χ1) is 11.9. The van der Waals surface area contributed by atoms with Crippen molar-refractivity contribution in [2.45, 2.75) is 11.8 Å². The quantitative estimate of drug-likeness (QED) is 0.446. The molecular weight excluding hydrogens is 344 g/mol. The molecule has 0 saturated heterocycles. The van der Waals surface area contributed by atoms with Gasteiger partial charge in [0.15, 0.2) is 0 Å². The number of rotatable bonds is 6. The maximum absolute atomic E-state index is 12.2. The van der Waals surface area contributed by atoms with Crippen molar-refractivity contribution in [2.24, 2.45) is 5.16 Å². The second-order valence-electron chi connectivity index (χ2n) is 4.95. The Bertz CT molecular complexity index is 940. The monoisotopic (exact) mass is 358 g/mol. The highest BCUT2D eigenvalue weighted by molar-refractivity contribution is 7.86. The van der Waals surface area contributed by atoms with Gasteiger partial charge in [0.05, 0.1) is 7.11 Å². The molecule has 0 spiro atoms. The number of carbonyl (C=O) groups excluding carboxylic acids is 1. The van der Waals surface area contributed by atoms with E-state index < -0.39 is 21.6 Å². The van der Waals surface area contributed by atoms with E-state index in [9.17, 15) is 13.2 Å². The lowest BCUT2D eigenvalue weighted by molar-refractivity contribution is 0.106. The van der Waals surface area contributed by atoms with Gasteiger partial charge < -0.3 is 4.74 Å². The number of carbonyl (C=O) groups is 1. The summed E-state index contributed by atoms with van der Waals surface area (Å²) < 4.78 is 33.5. The van der Waals surface area contributed by atoms with Crippen molar-refractivity contribution in [1.82, 2.24) is 0 Å². The number of nitriles is 1. The number of ether oxygens (including phenoxy) is 1. The number of methoxy groups -OCH3 is 1. The van der Waals surface area contributed by atoms with Gasteiger partial charge in [0.25, 0.3) is 0 Å². The summed E-state index contributed by atoms with van der Waals surface area (Å²) in [7, 11) is -2.74. The number of oxime groups is 1. The molecule has 0 fully saturated rings. The lowest BCUT2D eigenvalue weighted by Crippen LogP contribution is -2.14. The number of nitrogens with zero attached hydrogens (tertiary/aromatic N) is 2. The lowest BCUT2D eigenvalue weighted by Gasteiger charge is -2.03. The molecule has 7 nitrogen and oxygen atoms in total. The van der Waals surface area contributed by atoms with Gasteiger partial charge in [-0.25, -0.2) is 0 Å². The van der Waals surface area contributed by atoms with Crippen LogP contribution in [0.4, 0.5) is 0 Å². The molecule has 0 atom stereocenters. The van der Waals surface area contributed by atoms with Gasteiger partial charge in [-0.2, -0.15) is 13.7 Å². The Morgan fingerprint density at radius 3 is 2.20 bits per heavy atom. The van der Waals surface area contributed by atoms with Gasteiger partial charge in [-0.15, -0.1) is 0 Å². The molecule has 0 radical (unpaired) electrons. The van der Waals surface area contributed by atoms with Crippen LogP contribution in [0.3, 0.4) is 0 Å². The van der Waals surface area contributed by atoms with Gasteiger partial charge in [-0.05, 0) is 48.5 Å². The van der Waals surface area contributed by atoms with Crippen LogP contribution in [-0.4, -0.2) is 27.0 Å². The van der Waals surface area contributed by atoms with Crippen LogP contribution >= 0.6 is 0 Å². The molecular formula is C17H14N2O5S. The van der Waals surface area contributed by atoms with E-state index in [4.69, 9.17) is 10.00 Å². The average molecular weight is 358 g/mol. The zero-order valence-corrected chi connectivity index (χ0v) is 14.3. The molecule has 0 N–H and O–H groups in total. The van der Waals surface area contributed by atoms with E-state index in [1.807, 2.05) is 0 Å². The first kappa shape index (κ1) is 18.2. The molecule has 25 heavy (non-hydrogen) atoms. The van der Waals surface area contributed by atoms with E-state index in [0.717, 1.165) is 5.56 Å². The fraction of sp³-hybridized carbons (Fsp3) is 0.118. The van der Waals surface area contributed by atoms with Crippen molar-refractivity contribution >= 4 is 21.6 Å². The molecule has 2 aromatic carbocycles. The van der Waals surface area contributed by atoms with Crippen LogP contribution in [0.5, 0.6) is 5.75 Å². The number of aryl methyl sites for hydroxylation is 1. The summed E-state index contributed by atoms with van der Waals surface area (Å²) in [6.45, 7) is 1.80. The summed E-state index contributed by atoms with van der Waals surface area (Å²) in [5, 5.41) is 12.3. The van der Waals surface area contributed by atoms with E-state index in [-0.39, 0.29) is 10.5 Å². The average Bonchev–Trinajstić information content (AvgIpc) is 2.62.